The fraction of sp³-hybridized carbons (Fsp3) is 0.182. The van der Waals surface area contributed by atoms with E-state index in [1.165, 1.54) is 24.3 Å². The zero-order valence-corrected chi connectivity index (χ0v) is 15.9. The molecule has 0 unspecified atom stereocenters. The smallest absolute Gasteiger partial charge is 0.398 e. The Morgan fingerprint density at radius 1 is 1.10 bits per heavy atom. The molecule has 0 spiro atoms. The Morgan fingerprint density at radius 3 is 2.41 bits per heavy atom. The van der Waals surface area contributed by atoms with Crippen LogP contribution in [-0.2, 0) is 11.0 Å². The molecule has 0 aliphatic carbocycles. The van der Waals surface area contributed by atoms with Gasteiger partial charge in [0.05, 0.1) is 11.1 Å². The number of fused-ring (bicyclic) bond motifs is 1. The number of pyridine rings is 1. The van der Waals surface area contributed by atoms with Crippen molar-refractivity contribution in [3.05, 3.63) is 71.4 Å². The lowest BCUT2D eigenvalue weighted by molar-refractivity contribution is -0.137. The van der Waals surface area contributed by atoms with Gasteiger partial charge in [-0.25, -0.2) is 0 Å². The van der Waals surface area contributed by atoms with E-state index < -0.39 is 17.6 Å². The van der Waals surface area contributed by atoms with Crippen molar-refractivity contribution in [2.45, 2.75) is 25.9 Å². The van der Waals surface area contributed by atoms with Crippen LogP contribution in [0, 0.1) is 0 Å². The molecule has 0 atom stereocenters. The second kappa shape index (κ2) is 7.95. The van der Waals surface area contributed by atoms with Gasteiger partial charge in [0.2, 0.25) is 5.91 Å². The van der Waals surface area contributed by atoms with Crippen molar-refractivity contribution in [1.82, 2.24) is 4.98 Å². The average molecular weight is 399 g/mol. The van der Waals surface area contributed by atoms with Gasteiger partial charge >= 0.3 is 6.18 Å². The van der Waals surface area contributed by atoms with E-state index >= 15 is 0 Å². The summed E-state index contributed by atoms with van der Waals surface area (Å²) in [4.78, 5) is 16.7. The summed E-state index contributed by atoms with van der Waals surface area (Å²) in [6, 6.07) is 11.6. The molecule has 29 heavy (non-hydrogen) atoms. The zero-order valence-electron chi connectivity index (χ0n) is 15.9. The predicted molar refractivity (Wildman–Crippen MR) is 109 cm³/mol. The van der Waals surface area contributed by atoms with E-state index in [2.05, 4.69) is 10.3 Å². The number of anilines is 2. The number of alkyl halides is 3. The van der Waals surface area contributed by atoms with Crippen LogP contribution in [0.4, 0.5) is 24.5 Å². The SMILES string of the molecule is CC(C)c1cc(N)c2cc(NC(=O)C=Cc3ccc(C(F)(F)F)cc3)ccc2n1. The molecule has 3 N–H and O–H groups in total. The highest BCUT2D eigenvalue weighted by molar-refractivity contribution is 6.03. The van der Waals surface area contributed by atoms with Gasteiger partial charge in [0.25, 0.3) is 0 Å². The van der Waals surface area contributed by atoms with Gasteiger partial charge in [0.1, 0.15) is 0 Å². The first-order valence-corrected chi connectivity index (χ1v) is 9.00. The van der Waals surface area contributed by atoms with Gasteiger partial charge in [0.15, 0.2) is 0 Å². The molecule has 0 aliphatic rings. The minimum atomic E-state index is -4.39. The molecule has 0 saturated heterocycles. The number of aromatic nitrogens is 1. The first-order valence-electron chi connectivity index (χ1n) is 9.00. The Balaban J connectivity index is 1.73. The van der Waals surface area contributed by atoms with Crippen molar-refractivity contribution in [3.8, 4) is 0 Å². The Morgan fingerprint density at radius 2 is 1.79 bits per heavy atom. The van der Waals surface area contributed by atoms with Crippen LogP contribution in [0.5, 0.6) is 0 Å². The third-order valence-electron chi connectivity index (χ3n) is 4.38. The highest BCUT2D eigenvalue weighted by Gasteiger charge is 2.29. The van der Waals surface area contributed by atoms with Crippen molar-refractivity contribution in [2.24, 2.45) is 0 Å². The van der Waals surface area contributed by atoms with E-state index in [0.29, 0.717) is 16.9 Å². The maximum atomic E-state index is 12.6. The summed E-state index contributed by atoms with van der Waals surface area (Å²) in [5.41, 5.74) is 8.64. The van der Waals surface area contributed by atoms with Gasteiger partial charge < -0.3 is 11.1 Å². The summed E-state index contributed by atoms with van der Waals surface area (Å²) < 4.78 is 37.7. The largest absolute Gasteiger partial charge is 0.416 e. The number of halogens is 3. The molecule has 3 aromatic rings. The highest BCUT2D eigenvalue weighted by Crippen LogP contribution is 2.29. The molecule has 0 saturated carbocycles. The van der Waals surface area contributed by atoms with Crippen LogP contribution in [0.3, 0.4) is 0 Å². The number of carbonyl (C=O) groups excluding carboxylic acids is 1. The molecule has 150 valence electrons. The number of amides is 1. The molecule has 0 fully saturated rings. The van der Waals surface area contributed by atoms with Gasteiger partial charge in [-0.15, -0.1) is 0 Å². The Bertz CT molecular complexity index is 1070. The molecular weight excluding hydrogens is 379 g/mol. The second-order valence-electron chi connectivity index (χ2n) is 6.97. The molecule has 1 heterocycles. The van der Waals surface area contributed by atoms with E-state index in [1.54, 1.807) is 18.2 Å². The number of rotatable bonds is 4. The van der Waals surface area contributed by atoms with Crippen molar-refractivity contribution in [3.63, 3.8) is 0 Å². The van der Waals surface area contributed by atoms with Gasteiger partial charge in [-0.05, 0) is 54.0 Å². The standard InChI is InChI=1S/C22H20F3N3O/c1-13(2)20-12-18(26)17-11-16(8-9-19(17)28-20)27-21(29)10-5-14-3-6-15(7-4-14)22(23,24)25/h3-13H,1-2H3,(H2,26,28)(H,27,29). The summed E-state index contributed by atoms with van der Waals surface area (Å²) in [6.45, 7) is 4.07. The minimum Gasteiger partial charge on any atom is -0.398 e. The molecule has 0 aliphatic heterocycles. The number of benzene rings is 2. The monoisotopic (exact) mass is 399 g/mol. The van der Waals surface area contributed by atoms with Crippen LogP contribution in [-0.4, -0.2) is 10.9 Å². The number of nitrogens with zero attached hydrogens (tertiary/aromatic N) is 1. The summed E-state index contributed by atoms with van der Waals surface area (Å²) in [5, 5.41) is 3.45. The van der Waals surface area contributed by atoms with E-state index in [1.807, 2.05) is 19.9 Å². The lowest BCUT2D eigenvalue weighted by atomic mass is 10.1. The van der Waals surface area contributed by atoms with Crippen LogP contribution in [0.1, 0.15) is 36.6 Å². The van der Waals surface area contributed by atoms with E-state index in [4.69, 9.17) is 5.73 Å². The lowest BCUT2D eigenvalue weighted by Crippen LogP contribution is -2.08. The molecule has 0 radical (unpaired) electrons. The molecule has 1 amide bonds. The van der Waals surface area contributed by atoms with E-state index in [9.17, 15) is 18.0 Å². The fourth-order valence-corrected chi connectivity index (χ4v) is 2.79. The maximum Gasteiger partial charge on any atom is 0.416 e. The Kier molecular flexibility index (Phi) is 5.59. The summed E-state index contributed by atoms with van der Waals surface area (Å²) in [6.07, 6.45) is -1.68. The van der Waals surface area contributed by atoms with Gasteiger partial charge in [-0.1, -0.05) is 26.0 Å². The number of carbonyl (C=O) groups is 1. The predicted octanol–water partition coefficient (Wildman–Crippen LogP) is 5.61. The van der Waals surface area contributed by atoms with Crippen molar-refractivity contribution < 1.29 is 18.0 Å². The van der Waals surface area contributed by atoms with Crippen LogP contribution in [0.25, 0.3) is 17.0 Å². The van der Waals surface area contributed by atoms with Crippen molar-refractivity contribution in [2.75, 3.05) is 11.1 Å². The average Bonchev–Trinajstić information content (AvgIpc) is 2.66. The first kappa shape index (κ1) is 20.4. The quantitative estimate of drug-likeness (QED) is 0.560. The second-order valence-corrected chi connectivity index (χ2v) is 6.97. The molecule has 0 bridgehead atoms. The van der Waals surface area contributed by atoms with E-state index in [0.717, 1.165) is 28.7 Å². The van der Waals surface area contributed by atoms with Gasteiger partial charge in [0, 0.05) is 28.5 Å². The first-order chi connectivity index (χ1) is 13.6. The highest BCUT2D eigenvalue weighted by atomic mass is 19.4. The maximum absolute atomic E-state index is 12.6. The number of nitrogen functional groups attached to an aromatic ring is 1. The van der Waals surface area contributed by atoms with E-state index in [-0.39, 0.29) is 5.92 Å². The van der Waals surface area contributed by atoms with Crippen LogP contribution in [0.2, 0.25) is 0 Å². The third kappa shape index (κ3) is 4.93. The van der Waals surface area contributed by atoms with Gasteiger partial charge in [-0.2, -0.15) is 13.2 Å². The van der Waals surface area contributed by atoms with Crippen LogP contribution in [0.15, 0.2) is 54.6 Å². The molecule has 2 aromatic carbocycles. The zero-order chi connectivity index (χ0) is 21.2. The normalized spacial score (nSPS) is 12.1. The third-order valence-corrected chi connectivity index (χ3v) is 4.38. The summed E-state index contributed by atoms with van der Waals surface area (Å²) in [5.74, 6) is -0.161. The number of hydrogen-bond donors (Lipinski definition) is 2. The topological polar surface area (TPSA) is 68.0 Å². The Labute approximate surface area is 166 Å². The number of nitrogens with two attached hydrogens (primary N) is 1. The van der Waals surface area contributed by atoms with Crippen LogP contribution < -0.4 is 11.1 Å². The summed E-state index contributed by atoms with van der Waals surface area (Å²) >= 11 is 0. The minimum absolute atomic E-state index is 0.247. The fourth-order valence-electron chi connectivity index (χ4n) is 2.79. The molecule has 1 aromatic heterocycles. The molecule has 3 rings (SSSR count). The van der Waals surface area contributed by atoms with Crippen LogP contribution >= 0.6 is 0 Å². The lowest BCUT2D eigenvalue weighted by Gasteiger charge is -2.10. The van der Waals surface area contributed by atoms with Crippen molar-refractivity contribution in [1.29, 1.82) is 0 Å². The number of nitrogens with one attached hydrogen (secondary N) is 1. The summed E-state index contributed by atoms with van der Waals surface area (Å²) in [7, 11) is 0. The Hall–Kier alpha value is -3.35. The number of hydrogen-bond acceptors (Lipinski definition) is 3. The molecule has 7 heteroatoms. The van der Waals surface area contributed by atoms with Gasteiger partial charge in [-0.3, -0.25) is 9.78 Å². The van der Waals surface area contributed by atoms with Crippen molar-refractivity contribution >= 4 is 34.3 Å². The molecular formula is C22H20F3N3O. The molecule has 4 nitrogen and oxygen atoms in total.